The van der Waals surface area contributed by atoms with Crippen molar-refractivity contribution in [2.24, 2.45) is 0 Å². The summed E-state index contributed by atoms with van der Waals surface area (Å²) in [5.41, 5.74) is 4.06. The van der Waals surface area contributed by atoms with E-state index in [4.69, 9.17) is 16.6 Å². The molecule has 0 bridgehead atoms. The molecule has 2 aromatic carbocycles. The predicted molar refractivity (Wildman–Crippen MR) is 108 cm³/mol. The van der Waals surface area contributed by atoms with E-state index in [-0.39, 0.29) is 5.56 Å². The third-order valence-corrected chi connectivity index (χ3v) is 4.73. The first-order valence-electron chi connectivity index (χ1n) is 8.57. The highest BCUT2D eigenvalue weighted by Crippen LogP contribution is 2.27. The lowest BCUT2D eigenvalue weighted by Gasteiger charge is -2.09. The molecule has 3 nitrogen and oxygen atoms in total. The standard InChI is InChI=1S/C22H20O3S/c1-3-4-17-19(11-9-15-7-5-14(2)6-8-15)25-20-12-10-16(22(23)24)13-18(20)21(17)26/h5-13H,3-4H2,1-2H3,(H,23,24). The van der Waals surface area contributed by atoms with E-state index in [1.807, 2.05) is 12.2 Å². The summed E-state index contributed by atoms with van der Waals surface area (Å²) in [5.74, 6) is -0.241. The summed E-state index contributed by atoms with van der Waals surface area (Å²) in [6.45, 7) is 4.14. The Morgan fingerprint density at radius 1 is 1.15 bits per heavy atom. The monoisotopic (exact) mass is 364 g/mol. The number of aromatic carboxylic acids is 1. The first-order chi connectivity index (χ1) is 12.5. The van der Waals surface area contributed by atoms with Crippen LogP contribution in [-0.4, -0.2) is 11.1 Å². The van der Waals surface area contributed by atoms with Crippen LogP contribution in [0.1, 0.15) is 46.2 Å². The topological polar surface area (TPSA) is 50.4 Å². The summed E-state index contributed by atoms with van der Waals surface area (Å²) in [6, 6.07) is 13.0. The average Bonchev–Trinajstić information content (AvgIpc) is 2.63. The molecule has 4 heteroatoms. The number of fused-ring (bicyclic) bond motifs is 1. The van der Waals surface area contributed by atoms with Gasteiger partial charge in [-0.15, -0.1) is 0 Å². The lowest BCUT2D eigenvalue weighted by atomic mass is 10.0. The molecular formula is C22H20O3S. The molecule has 3 rings (SSSR count). The predicted octanol–water partition coefficient (Wildman–Crippen LogP) is 6.29. The first-order valence-corrected chi connectivity index (χ1v) is 8.98. The van der Waals surface area contributed by atoms with Gasteiger partial charge in [-0.1, -0.05) is 61.5 Å². The minimum atomic E-state index is -0.971. The molecule has 0 atom stereocenters. The number of hydrogen-bond acceptors (Lipinski definition) is 3. The van der Waals surface area contributed by atoms with Gasteiger partial charge >= 0.3 is 5.97 Å². The second-order valence-corrected chi connectivity index (χ2v) is 6.69. The zero-order chi connectivity index (χ0) is 18.7. The third-order valence-electron chi connectivity index (χ3n) is 4.27. The Morgan fingerprint density at radius 3 is 2.54 bits per heavy atom. The van der Waals surface area contributed by atoms with Crippen LogP contribution in [0.15, 0.2) is 46.9 Å². The Bertz CT molecular complexity index is 1040. The Labute approximate surface area is 157 Å². The van der Waals surface area contributed by atoms with Gasteiger partial charge in [0.2, 0.25) is 0 Å². The molecule has 1 aromatic heterocycles. The van der Waals surface area contributed by atoms with Gasteiger partial charge in [-0.3, -0.25) is 0 Å². The van der Waals surface area contributed by atoms with Gasteiger partial charge in [-0.05, 0) is 43.2 Å². The van der Waals surface area contributed by atoms with Crippen LogP contribution in [0.4, 0.5) is 0 Å². The molecular weight excluding hydrogens is 344 g/mol. The Morgan fingerprint density at radius 2 is 1.88 bits per heavy atom. The molecule has 0 unspecified atom stereocenters. The number of carboxylic acid groups (broad SMARTS) is 1. The maximum atomic E-state index is 11.2. The fourth-order valence-corrected chi connectivity index (χ4v) is 3.22. The van der Waals surface area contributed by atoms with Crippen LogP contribution in [-0.2, 0) is 6.42 Å². The lowest BCUT2D eigenvalue weighted by Crippen LogP contribution is -1.97. The van der Waals surface area contributed by atoms with Gasteiger partial charge in [0.05, 0.1) is 10.1 Å². The van der Waals surface area contributed by atoms with Gasteiger partial charge < -0.3 is 9.52 Å². The minimum absolute atomic E-state index is 0.212. The maximum Gasteiger partial charge on any atom is 0.335 e. The maximum absolute atomic E-state index is 11.2. The Kier molecular flexibility index (Phi) is 5.33. The smallest absolute Gasteiger partial charge is 0.335 e. The largest absolute Gasteiger partial charge is 0.478 e. The number of aryl methyl sites for hydroxylation is 1. The zero-order valence-electron chi connectivity index (χ0n) is 14.8. The second-order valence-electron chi connectivity index (χ2n) is 6.28. The van der Waals surface area contributed by atoms with E-state index in [9.17, 15) is 9.90 Å². The number of carbonyl (C=O) groups is 1. The van der Waals surface area contributed by atoms with Crippen LogP contribution in [0.5, 0.6) is 0 Å². The fourth-order valence-electron chi connectivity index (χ4n) is 2.85. The molecule has 3 aromatic rings. The van der Waals surface area contributed by atoms with Gasteiger partial charge in [0, 0.05) is 10.9 Å². The fraction of sp³-hybridized carbons (Fsp3) is 0.182. The quantitative estimate of drug-likeness (QED) is 0.540. The van der Waals surface area contributed by atoms with Crippen LogP contribution in [0.3, 0.4) is 0 Å². The van der Waals surface area contributed by atoms with Crippen molar-refractivity contribution in [2.75, 3.05) is 0 Å². The van der Waals surface area contributed by atoms with Crippen molar-refractivity contribution in [1.29, 1.82) is 0 Å². The van der Waals surface area contributed by atoms with Crippen LogP contribution in [0, 0.1) is 11.4 Å². The molecule has 0 fully saturated rings. The highest BCUT2D eigenvalue weighted by Gasteiger charge is 2.12. The normalized spacial score (nSPS) is 11.3. The summed E-state index contributed by atoms with van der Waals surface area (Å²) < 4.78 is 6.73. The number of rotatable bonds is 5. The molecule has 1 heterocycles. The lowest BCUT2D eigenvalue weighted by molar-refractivity contribution is 0.0697. The summed E-state index contributed by atoms with van der Waals surface area (Å²) in [7, 11) is 0. The average molecular weight is 364 g/mol. The van der Waals surface area contributed by atoms with E-state index in [0.717, 1.165) is 29.7 Å². The molecule has 0 spiro atoms. The molecule has 0 amide bonds. The van der Waals surface area contributed by atoms with Crippen molar-refractivity contribution in [3.05, 3.63) is 75.0 Å². The SMILES string of the molecule is CCCc1c(C=Cc2ccc(C)cc2)oc2ccc(C(=O)O)cc2c1=S. The molecule has 26 heavy (non-hydrogen) atoms. The van der Waals surface area contributed by atoms with Crippen molar-refractivity contribution < 1.29 is 14.3 Å². The molecule has 0 aliphatic carbocycles. The van der Waals surface area contributed by atoms with Crippen LogP contribution < -0.4 is 0 Å². The first kappa shape index (κ1) is 18.1. The summed E-state index contributed by atoms with van der Waals surface area (Å²) in [6.07, 6.45) is 5.65. The van der Waals surface area contributed by atoms with Crippen LogP contribution >= 0.6 is 12.2 Å². The minimum Gasteiger partial charge on any atom is -0.478 e. The summed E-state index contributed by atoms with van der Waals surface area (Å²) in [5, 5.41) is 9.89. The third kappa shape index (κ3) is 3.75. The molecule has 0 aliphatic rings. The van der Waals surface area contributed by atoms with Gasteiger partial charge in [-0.25, -0.2) is 4.79 Å². The van der Waals surface area contributed by atoms with E-state index in [1.54, 1.807) is 12.1 Å². The van der Waals surface area contributed by atoms with E-state index in [2.05, 4.69) is 38.1 Å². The van der Waals surface area contributed by atoms with E-state index in [0.29, 0.717) is 15.5 Å². The van der Waals surface area contributed by atoms with Gasteiger partial charge in [-0.2, -0.15) is 0 Å². The number of hydrogen-bond donors (Lipinski definition) is 1. The molecule has 1 N–H and O–H groups in total. The van der Waals surface area contributed by atoms with Gasteiger partial charge in [0.15, 0.2) is 0 Å². The summed E-state index contributed by atoms with van der Waals surface area (Å²) in [4.78, 5) is 11.2. The highest BCUT2D eigenvalue weighted by molar-refractivity contribution is 7.71. The Hall–Kier alpha value is -2.72. The van der Waals surface area contributed by atoms with Crippen LogP contribution in [0.2, 0.25) is 0 Å². The number of carboxylic acids is 1. The van der Waals surface area contributed by atoms with E-state index < -0.39 is 5.97 Å². The second kappa shape index (κ2) is 7.67. The number of benzene rings is 2. The van der Waals surface area contributed by atoms with E-state index >= 15 is 0 Å². The van der Waals surface area contributed by atoms with Crippen molar-refractivity contribution in [1.82, 2.24) is 0 Å². The van der Waals surface area contributed by atoms with Gasteiger partial charge in [0.1, 0.15) is 11.3 Å². The van der Waals surface area contributed by atoms with Crippen LogP contribution in [0.25, 0.3) is 23.1 Å². The molecule has 0 aliphatic heterocycles. The molecule has 0 saturated carbocycles. The van der Waals surface area contributed by atoms with E-state index in [1.165, 1.54) is 11.6 Å². The van der Waals surface area contributed by atoms with Crippen molar-refractivity contribution in [3.8, 4) is 0 Å². The van der Waals surface area contributed by atoms with Gasteiger partial charge in [0.25, 0.3) is 0 Å². The van der Waals surface area contributed by atoms with Crippen molar-refractivity contribution >= 4 is 41.3 Å². The van der Waals surface area contributed by atoms with Crippen molar-refractivity contribution in [3.63, 3.8) is 0 Å². The molecule has 0 radical (unpaired) electrons. The Balaban J connectivity index is 2.13. The molecule has 132 valence electrons. The summed E-state index contributed by atoms with van der Waals surface area (Å²) >= 11 is 5.65. The highest BCUT2D eigenvalue weighted by atomic mass is 32.1. The molecule has 0 saturated heterocycles. The van der Waals surface area contributed by atoms with Crippen molar-refractivity contribution in [2.45, 2.75) is 26.7 Å². The zero-order valence-corrected chi connectivity index (χ0v) is 15.6.